The lowest BCUT2D eigenvalue weighted by atomic mass is 9.98. The molecule has 118 valence electrons. The van der Waals surface area contributed by atoms with Crippen LogP contribution in [-0.4, -0.2) is 58.9 Å². The number of rotatable bonds is 3. The number of aromatic nitrogens is 1. The molecular weight excluding hydrogens is 298 g/mol. The van der Waals surface area contributed by atoms with Gasteiger partial charge in [0.05, 0.1) is 0 Å². The molecule has 0 radical (unpaired) electrons. The molecule has 0 bridgehead atoms. The van der Waals surface area contributed by atoms with Gasteiger partial charge in [-0.05, 0) is 23.6 Å². The molecule has 0 spiro atoms. The molecular formula is C16H15N3O4. The number of nitrogens with one attached hydrogen (secondary N) is 1. The number of likely N-dealkylation sites (tertiary alicyclic amines) is 1. The highest BCUT2D eigenvalue weighted by Gasteiger charge is 2.38. The Balaban J connectivity index is 1.38. The van der Waals surface area contributed by atoms with Crippen LogP contribution in [0.1, 0.15) is 10.4 Å². The van der Waals surface area contributed by atoms with E-state index in [9.17, 15) is 14.4 Å². The van der Waals surface area contributed by atoms with E-state index in [0.717, 1.165) is 15.8 Å². The molecule has 2 aliphatic rings. The van der Waals surface area contributed by atoms with Gasteiger partial charge in [0.15, 0.2) is 6.61 Å². The van der Waals surface area contributed by atoms with Crippen molar-refractivity contribution in [1.82, 2.24) is 14.8 Å². The van der Waals surface area contributed by atoms with Gasteiger partial charge in [0.2, 0.25) is 0 Å². The molecule has 1 N–H and O–H groups in total. The number of benzene rings is 1. The first-order valence-corrected chi connectivity index (χ1v) is 7.45. The lowest BCUT2D eigenvalue weighted by molar-refractivity contribution is -0.126. The van der Waals surface area contributed by atoms with Crippen molar-refractivity contribution in [2.24, 2.45) is 5.92 Å². The van der Waals surface area contributed by atoms with E-state index < -0.39 is 6.09 Å². The molecule has 7 heteroatoms. The van der Waals surface area contributed by atoms with Crippen LogP contribution < -0.4 is 0 Å². The third-order valence-electron chi connectivity index (χ3n) is 4.33. The summed E-state index contributed by atoms with van der Waals surface area (Å²) in [5, 5.41) is 1.06. The van der Waals surface area contributed by atoms with Crippen LogP contribution >= 0.6 is 0 Å². The van der Waals surface area contributed by atoms with Crippen molar-refractivity contribution in [3.63, 3.8) is 0 Å². The van der Waals surface area contributed by atoms with Gasteiger partial charge in [-0.15, -0.1) is 0 Å². The third-order valence-corrected chi connectivity index (χ3v) is 4.33. The maximum Gasteiger partial charge on any atom is 0.417 e. The lowest BCUT2D eigenvalue weighted by Crippen LogP contribution is -2.54. The fraction of sp³-hybridized carbons (Fsp3) is 0.312. The lowest BCUT2D eigenvalue weighted by Gasteiger charge is -2.40. The zero-order chi connectivity index (χ0) is 16.0. The Morgan fingerprint density at radius 3 is 2.83 bits per heavy atom. The van der Waals surface area contributed by atoms with Crippen LogP contribution in [0.15, 0.2) is 30.5 Å². The van der Waals surface area contributed by atoms with Crippen LogP contribution in [0.25, 0.3) is 10.9 Å². The number of ether oxygens (including phenoxy) is 1. The Morgan fingerprint density at radius 2 is 2.09 bits per heavy atom. The number of amides is 3. The molecule has 3 amide bonds. The Morgan fingerprint density at radius 1 is 1.26 bits per heavy atom. The molecule has 0 atom stereocenters. The fourth-order valence-corrected chi connectivity index (χ4v) is 3.03. The zero-order valence-electron chi connectivity index (χ0n) is 12.3. The van der Waals surface area contributed by atoms with Gasteiger partial charge in [0, 0.05) is 42.8 Å². The second-order valence-electron chi connectivity index (χ2n) is 5.91. The van der Waals surface area contributed by atoms with Crippen LogP contribution in [0.5, 0.6) is 0 Å². The maximum atomic E-state index is 12.4. The summed E-state index contributed by atoms with van der Waals surface area (Å²) in [5.74, 6) is -0.229. The molecule has 2 aromatic rings. The summed E-state index contributed by atoms with van der Waals surface area (Å²) in [6.45, 7) is 1.22. The Kier molecular flexibility index (Phi) is 3.07. The summed E-state index contributed by atoms with van der Waals surface area (Å²) < 4.78 is 4.68. The maximum absolute atomic E-state index is 12.4. The molecule has 1 aromatic carbocycles. The third kappa shape index (κ3) is 2.34. The number of hydrogen-bond donors (Lipinski definition) is 1. The quantitative estimate of drug-likeness (QED) is 0.923. The number of aromatic amines is 1. The number of carbonyl (C=O) groups is 3. The normalized spacial score (nSPS) is 18.4. The second kappa shape index (κ2) is 5.12. The van der Waals surface area contributed by atoms with Crippen molar-refractivity contribution in [2.75, 3.05) is 26.2 Å². The van der Waals surface area contributed by atoms with E-state index in [-0.39, 0.29) is 24.3 Å². The molecule has 1 aromatic heterocycles. The van der Waals surface area contributed by atoms with Crippen LogP contribution in [0.2, 0.25) is 0 Å². The standard InChI is InChI=1S/C16H15N3O4/c20-14-9-23-16(22)19(14)8-10-6-18(7-10)15(21)12-2-1-11-3-4-17-13(11)5-12/h1-5,10,17H,6-9H2. The molecule has 2 aliphatic heterocycles. The minimum atomic E-state index is -0.586. The average molecular weight is 313 g/mol. The Hall–Kier alpha value is -2.83. The van der Waals surface area contributed by atoms with Gasteiger partial charge < -0.3 is 14.6 Å². The highest BCUT2D eigenvalue weighted by molar-refractivity contribution is 5.99. The molecule has 4 rings (SSSR count). The molecule has 2 saturated heterocycles. The zero-order valence-corrected chi connectivity index (χ0v) is 12.3. The van der Waals surface area contributed by atoms with E-state index in [1.54, 1.807) is 4.90 Å². The predicted octanol–water partition coefficient (Wildman–Crippen LogP) is 1.22. The molecule has 3 heterocycles. The van der Waals surface area contributed by atoms with Gasteiger partial charge in [0.25, 0.3) is 11.8 Å². The molecule has 0 saturated carbocycles. The summed E-state index contributed by atoms with van der Waals surface area (Å²) >= 11 is 0. The fourth-order valence-electron chi connectivity index (χ4n) is 3.03. The number of cyclic esters (lactones) is 1. The van der Waals surface area contributed by atoms with Crippen LogP contribution in [0, 0.1) is 5.92 Å². The van der Waals surface area contributed by atoms with Crippen molar-refractivity contribution in [2.45, 2.75) is 0 Å². The first kappa shape index (κ1) is 13.8. The Bertz CT molecular complexity index is 791. The number of imide groups is 1. The van der Waals surface area contributed by atoms with Crippen molar-refractivity contribution in [1.29, 1.82) is 0 Å². The van der Waals surface area contributed by atoms with E-state index in [1.807, 2.05) is 30.5 Å². The summed E-state index contributed by atoms with van der Waals surface area (Å²) in [4.78, 5) is 41.3. The number of nitrogens with zero attached hydrogens (tertiary/aromatic N) is 2. The number of fused-ring (bicyclic) bond motifs is 1. The molecule has 0 aliphatic carbocycles. The molecule has 7 nitrogen and oxygen atoms in total. The monoisotopic (exact) mass is 313 g/mol. The summed E-state index contributed by atoms with van der Waals surface area (Å²) in [5.41, 5.74) is 1.56. The van der Waals surface area contributed by atoms with E-state index >= 15 is 0 Å². The second-order valence-corrected chi connectivity index (χ2v) is 5.91. The van der Waals surface area contributed by atoms with Crippen LogP contribution in [0.4, 0.5) is 4.79 Å². The first-order chi connectivity index (χ1) is 11.1. The minimum Gasteiger partial charge on any atom is -0.439 e. The first-order valence-electron chi connectivity index (χ1n) is 7.45. The van der Waals surface area contributed by atoms with Gasteiger partial charge in [-0.25, -0.2) is 9.69 Å². The molecule has 0 unspecified atom stereocenters. The summed E-state index contributed by atoms with van der Waals surface area (Å²) in [6.07, 6.45) is 1.25. The van der Waals surface area contributed by atoms with E-state index in [1.165, 1.54) is 0 Å². The predicted molar refractivity (Wildman–Crippen MR) is 80.8 cm³/mol. The summed E-state index contributed by atoms with van der Waals surface area (Å²) in [7, 11) is 0. The highest BCUT2D eigenvalue weighted by atomic mass is 16.6. The van der Waals surface area contributed by atoms with Gasteiger partial charge in [-0.2, -0.15) is 0 Å². The van der Waals surface area contributed by atoms with E-state index in [0.29, 0.717) is 25.2 Å². The van der Waals surface area contributed by atoms with Crippen LogP contribution in [-0.2, 0) is 9.53 Å². The topological polar surface area (TPSA) is 82.7 Å². The molecule has 23 heavy (non-hydrogen) atoms. The smallest absolute Gasteiger partial charge is 0.417 e. The summed E-state index contributed by atoms with van der Waals surface area (Å²) in [6, 6.07) is 7.52. The largest absolute Gasteiger partial charge is 0.439 e. The van der Waals surface area contributed by atoms with Gasteiger partial charge in [-0.3, -0.25) is 9.59 Å². The van der Waals surface area contributed by atoms with Gasteiger partial charge in [0.1, 0.15) is 0 Å². The van der Waals surface area contributed by atoms with E-state index in [4.69, 9.17) is 0 Å². The van der Waals surface area contributed by atoms with Crippen molar-refractivity contribution >= 4 is 28.8 Å². The van der Waals surface area contributed by atoms with Crippen molar-refractivity contribution in [3.05, 3.63) is 36.0 Å². The van der Waals surface area contributed by atoms with Crippen LogP contribution in [0.3, 0.4) is 0 Å². The molecule has 2 fully saturated rings. The average Bonchev–Trinajstić information content (AvgIpc) is 3.09. The minimum absolute atomic E-state index is 0.0342. The van der Waals surface area contributed by atoms with Crippen molar-refractivity contribution < 1.29 is 19.1 Å². The SMILES string of the molecule is O=C(c1ccc2cc[nH]c2c1)N1CC(CN2C(=O)COC2=O)C1. The van der Waals surface area contributed by atoms with E-state index in [2.05, 4.69) is 9.72 Å². The number of H-pyrrole nitrogens is 1. The van der Waals surface area contributed by atoms with Gasteiger partial charge >= 0.3 is 6.09 Å². The van der Waals surface area contributed by atoms with Crippen molar-refractivity contribution in [3.8, 4) is 0 Å². The number of carbonyl (C=O) groups excluding carboxylic acids is 3. The van der Waals surface area contributed by atoms with Gasteiger partial charge in [-0.1, -0.05) is 6.07 Å². The number of hydrogen-bond acceptors (Lipinski definition) is 4. The highest BCUT2D eigenvalue weighted by Crippen LogP contribution is 2.23. The Labute approximate surface area is 131 Å².